The topological polar surface area (TPSA) is 71.8 Å². The van der Waals surface area contributed by atoms with E-state index in [1.165, 1.54) is 25.7 Å². The zero-order chi connectivity index (χ0) is 15.6. The van der Waals surface area contributed by atoms with Gasteiger partial charge >= 0.3 is 0 Å². The van der Waals surface area contributed by atoms with Crippen LogP contribution in [0.2, 0.25) is 0 Å². The third kappa shape index (κ3) is 4.04. The second kappa shape index (κ2) is 7.62. The van der Waals surface area contributed by atoms with Gasteiger partial charge in [-0.1, -0.05) is 18.6 Å². The minimum Gasteiger partial charge on any atom is -0.350 e. The van der Waals surface area contributed by atoms with E-state index in [-0.39, 0.29) is 18.3 Å². The Morgan fingerprint density at radius 1 is 1.39 bits per heavy atom. The van der Waals surface area contributed by atoms with Gasteiger partial charge in [0.05, 0.1) is 11.7 Å². The van der Waals surface area contributed by atoms with Crippen LogP contribution in [0, 0.1) is 12.3 Å². The standard InChI is InChI=1S/C16H27N5O.ClH/c1-3-6-16(7-8-16)11-18-15(22)14-12(2)21(20-19-14)13-4-9-17-10-5-13;/h13,17H,3-11H2,1-2H3,(H,18,22);1H. The highest BCUT2D eigenvalue weighted by atomic mass is 35.5. The molecule has 1 amide bonds. The van der Waals surface area contributed by atoms with Gasteiger partial charge in [0.15, 0.2) is 5.69 Å². The number of amides is 1. The number of halogens is 1. The Hall–Kier alpha value is -1.14. The lowest BCUT2D eigenvalue weighted by Crippen LogP contribution is -2.32. The summed E-state index contributed by atoms with van der Waals surface area (Å²) in [6.45, 7) is 6.95. The molecule has 2 N–H and O–H groups in total. The number of nitrogens with one attached hydrogen (secondary N) is 2. The Kier molecular flexibility index (Phi) is 6.03. The summed E-state index contributed by atoms with van der Waals surface area (Å²) in [5.74, 6) is -0.0694. The first-order chi connectivity index (χ1) is 10.7. The Bertz CT molecular complexity index is 535. The number of piperidine rings is 1. The van der Waals surface area contributed by atoms with E-state index in [0.29, 0.717) is 17.2 Å². The first-order valence-electron chi connectivity index (χ1n) is 8.56. The number of hydrogen-bond acceptors (Lipinski definition) is 4. The second-order valence-corrected chi connectivity index (χ2v) is 6.88. The SMILES string of the molecule is CCCC1(CNC(=O)c2nnn(C3CCNCC3)c2C)CC1.Cl. The molecule has 1 aliphatic carbocycles. The van der Waals surface area contributed by atoms with E-state index in [1.54, 1.807) is 0 Å². The van der Waals surface area contributed by atoms with Crippen molar-refractivity contribution in [2.45, 2.75) is 58.4 Å². The van der Waals surface area contributed by atoms with E-state index >= 15 is 0 Å². The van der Waals surface area contributed by atoms with Crippen molar-refractivity contribution in [3.63, 3.8) is 0 Å². The molecular weight excluding hydrogens is 314 g/mol. The van der Waals surface area contributed by atoms with E-state index in [1.807, 2.05) is 11.6 Å². The average molecular weight is 342 g/mol. The van der Waals surface area contributed by atoms with Crippen molar-refractivity contribution in [1.82, 2.24) is 25.6 Å². The van der Waals surface area contributed by atoms with Crippen LogP contribution in [0.15, 0.2) is 0 Å². The molecule has 1 saturated heterocycles. The number of aromatic nitrogens is 3. The van der Waals surface area contributed by atoms with Gasteiger partial charge in [-0.05, 0) is 57.5 Å². The molecule has 1 aromatic rings. The second-order valence-electron chi connectivity index (χ2n) is 6.88. The summed E-state index contributed by atoms with van der Waals surface area (Å²) in [5, 5.41) is 14.8. The summed E-state index contributed by atoms with van der Waals surface area (Å²) < 4.78 is 1.94. The Balaban J connectivity index is 0.00000192. The molecule has 2 aliphatic rings. The van der Waals surface area contributed by atoms with Crippen molar-refractivity contribution in [2.24, 2.45) is 5.41 Å². The van der Waals surface area contributed by atoms with Crippen LogP contribution >= 0.6 is 12.4 Å². The molecule has 130 valence electrons. The van der Waals surface area contributed by atoms with E-state index in [2.05, 4.69) is 27.9 Å². The van der Waals surface area contributed by atoms with E-state index in [9.17, 15) is 4.79 Å². The summed E-state index contributed by atoms with van der Waals surface area (Å²) in [7, 11) is 0. The van der Waals surface area contributed by atoms with Crippen molar-refractivity contribution >= 4 is 18.3 Å². The van der Waals surface area contributed by atoms with Crippen LogP contribution in [0.4, 0.5) is 0 Å². The first-order valence-corrected chi connectivity index (χ1v) is 8.56. The normalized spacial score (nSPS) is 19.9. The molecule has 2 fully saturated rings. The number of nitrogens with zero attached hydrogens (tertiary/aromatic N) is 3. The van der Waals surface area contributed by atoms with Gasteiger partial charge in [0.1, 0.15) is 0 Å². The maximum atomic E-state index is 12.4. The minimum atomic E-state index is -0.0694. The van der Waals surface area contributed by atoms with Gasteiger partial charge in [-0.15, -0.1) is 17.5 Å². The molecule has 0 spiro atoms. The number of carbonyl (C=O) groups excluding carboxylic acids is 1. The summed E-state index contributed by atoms with van der Waals surface area (Å²) in [5.41, 5.74) is 1.75. The molecule has 3 rings (SSSR count). The fourth-order valence-corrected chi connectivity index (χ4v) is 3.52. The molecule has 1 aliphatic heterocycles. The highest BCUT2D eigenvalue weighted by Gasteiger charge is 2.41. The van der Waals surface area contributed by atoms with Crippen LogP contribution in [-0.2, 0) is 0 Å². The van der Waals surface area contributed by atoms with E-state index < -0.39 is 0 Å². The molecule has 0 bridgehead atoms. The molecule has 0 unspecified atom stereocenters. The van der Waals surface area contributed by atoms with Gasteiger partial charge in [-0.2, -0.15) is 0 Å². The predicted octanol–water partition coefficient (Wildman–Crippen LogP) is 2.24. The fourth-order valence-electron chi connectivity index (χ4n) is 3.52. The predicted molar refractivity (Wildman–Crippen MR) is 92.1 cm³/mol. The van der Waals surface area contributed by atoms with Crippen LogP contribution in [0.3, 0.4) is 0 Å². The Morgan fingerprint density at radius 2 is 2.09 bits per heavy atom. The van der Waals surface area contributed by atoms with Crippen LogP contribution < -0.4 is 10.6 Å². The molecule has 1 aromatic heterocycles. The summed E-state index contributed by atoms with van der Waals surface area (Å²) in [6, 6.07) is 0.366. The summed E-state index contributed by atoms with van der Waals surface area (Å²) >= 11 is 0. The Morgan fingerprint density at radius 3 is 2.70 bits per heavy atom. The number of rotatable bonds is 6. The summed E-state index contributed by atoms with van der Waals surface area (Å²) in [4.78, 5) is 12.4. The van der Waals surface area contributed by atoms with Gasteiger partial charge in [0.2, 0.25) is 0 Å². The van der Waals surface area contributed by atoms with Gasteiger partial charge in [0.25, 0.3) is 5.91 Å². The maximum absolute atomic E-state index is 12.4. The summed E-state index contributed by atoms with van der Waals surface area (Å²) in [6.07, 6.45) is 6.95. The third-order valence-corrected chi connectivity index (χ3v) is 5.16. The van der Waals surface area contributed by atoms with Gasteiger partial charge in [0, 0.05) is 6.54 Å². The molecule has 7 heteroatoms. The van der Waals surface area contributed by atoms with E-state index in [0.717, 1.165) is 38.2 Å². The van der Waals surface area contributed by atoms with Crippen molar-refractivity contribution in [3.8, 4) is 0 Å². The lowest BCUT2D eigenvalue weighted by Gasteiger charge is -2.23. The van der Waals surface area contributed by atoms with Crippen LogP contribution in [0.5, 0.6) is 0 Å². The fraction of sp³-hybridized carbons (Fsp3) is 0.812. The van der Waals surface area contributed by atoms with Gasteiger partial charge in [-0.25, -0.2) is 4.68 Å². The number of hydrogen-bond donors (Lipinski definition) is 2. The number of carbonyl (C=O) groups is 1. The lowest BCUT2D eigenvalue weighted by atomic mass is 10.0. The molecule has 0 aromatic carbocycles. The monoisotopic (exact) mass is 341 g/mol. The van der Waals surface area contributed by atoms with E-state index in [4.69, 9.17) is 0 Å². The van der Waals surface area contributed by atoms with Crippen molar-refractivity contribution in [1.29, 1.82) is 0 Å². The van der Waals surface area contributed by atoms with Crippen molar-refractivity contribution < 1.29 is 4.79 Å². The molecule has 23 heavy (non-hydrogen) atoms. The minimum absolute atomic E-state index is 0. The largest absolute Gasteiger partial charge is 0.350 e. The van der Waals surface area contributed by atoms with Gasteiger partial charge in [-0.3, -0.25) is 4.79 Å². The molecule has 6 nitrogen and oxygen atoms in total. The lowest BCUT2D eigenvalue weighted by molar-refractivity contribution is 0.0938. The smallest absolute Gasteiger partial charge is 0.273 e. The average Bonchev–Trinajstić information content (AvgIpc) is 3.19. The zero-order valence-electron chi connectivity index (χ0n) is 14.1. The zero-order valence-corrected chi connectivity index (χ0v) is 14.9. The van der Waals surface area contributed by atoms with Crippen molar-refractivity contribution in [3.05, 3.63) is 11.4 Å². The van der Waals surface area contributed by atoms with Gasteiger partial charge < -0.3 is 10.6 Å². The molecule has 0 radical (unpaired) electrons. The molecule has 0 atom stereocenters. The highest BCUT2D eigenvalue weighted by molar-refractivity contribution is 5.93. The molecule has 1 saturated carbocycles. The Labute approximate surface area is 144 Å². The quantitative estimate of drug-likeness (QED) is 0.832. The van der Waals surface area contributed by atoms with Crippen LogP contribution in [0.25, 0.3) is 0 Å². The van der Waals surface area contributed by atoms with Crippen molar-refractivity contribution in [2.75, 3.05) is 19.6 Å². The van der Waals surface area contributed by atoms with Crippen LogP contribution in [0.1, 0.15) is 67.7 Å². The first kappa shape index (κ1) is 18.2. The molecular formula is C16H28ClN5O. The third-order valence-electron chi connectivity index (χ3n) is 5.16. The maximum Gasteiger partial charge on any atom is 0.273 e. The highest BCUT2D eigenvalue weighted by Crippen LogP contribution is 2.48. The van der Waals surface area contributed by atoms with Crippen LogP contribution in [-0.4, -0.2) is 40.5 Å². The molecule has 2 heterocycles.